The first-order chi connectivity index (χ1) is 13.1. The molecule has 2 aromatic heterocycles. The van der Waals surface area contributed by atoms with Gasteiger partial charge in [0.1, 0.15) is 5.82 Å². The van der Waals surface area contributed by atoms with E-state index in [0.717, 1.165) is 0 Å². The molecule has 2 aromatic carbocycles. The maximum absolute atomic E-state index is 13.4. The van der Waals surface area contributed by atoms with Crippen molar-refractivity contribution < 1.29 is 13.7 Å². The summed E-state index contributed by atoms with van der Waals surface area (Å²) in [7, 11) is 0. The van der Waals surface area contributed by atoms with Gasteiger partial charge in [0.15, 0.2) is 11.5 Å². The summed E-state index contributed by atoms with van der Waals surface area (Å²) in [5.74, 6) is 0.0280. The topological polar surface area (TPSA) is 85.8 Å². The van der Waals surface area contributed by atoms with Gasteiger partial charge in [-0.15, -0.1) is 0 Å². The lowest BCUT2D eigenvalue weighted by Crippen LogP contribution is -2.14. The Hall–Kier alpha value is -3.81. The molecule has 134 valence electrons. The fourth-order valence-corrected chi connectivity index (χ4v) is 2.58. The molecule has 8 heteroatoms. The van der Waals surface area contributed by atoms with E-state index in [-0.39, 0.29) is 11.5 Å². The van der Waals surface area contributed by atoms with Crippen molar-refractivity contribution >= 4 is 11.6 Å². The molecular formula is C19H14FN5O2. The number of hydrogen-bond acceptors (Lipinski definition) is 5. The predicted octanol–water partition coefficient (Wildman–Crippen LogP) is 3.62. The molecule has 0 aliphatic heterocycles. The number of para-hydroxylation sites is 1. The van der Waals surface area contributed by atoms with Crippen LogP contribution in [-0.4, -0.2) is 25.8 Å². The molecule has 0 spiro atoms. The zero-order valence-electron chi connectivity index (χ0n) is 14.3. The standard InChI is InChI=1S/C19H14FN5O2/c1-12-21-19(27-24-12)15-7-2-3-8-16(15)22-18(26)17-9-10-25(23-17)14-6-4-5-13(20)11-14/h2-11H,1H3,(H,22,26). The largest absolute Gasteiger partial charge is 0.334 e. The first-order valence-electron chi connectivity index (χ1n) is 8.13. The molecule has 27 heavy (non-hydrogen) atoms. The molecule has 2 heterocycles. The van der Waals surface area contributed by atoms with E-state index in [9.17, 15) is 9.18 Å². The van der Waals surface area contributed by atoms with Gasteiger partial charge in [-0.2, -0.15) is 10.1 Å². The Bertz CT molecular complexity index is 1120. The number of nitrogens with zero attached hydrogens (tertiary/aromatic N) is 4. The smallest absolute Gasteiger partial charge is 0.276 e. The molecule has 0 unspecified atom stereocenters. The second kappa shape index (κ2) is 6.83. The molecule has 0 atom stereocenters. The molecule has 0 saturated heterocycles. The molecule has 0 aliphatic carbocycles. The Balaban J connectivity index is 1.59. The van der Waals surface area contributed by atoms with E-state index in [2.05, 4.69) is 20.6 Å². The van der Waals surface area contributed by atoms with Crippen LogP contribution in [0.15, 0.2) is 65.3 Å². The molecular weight excluding hydrogens is 349 g/mol. The van der Waals surface area contributed by atoms with Gasteiger partial charge in [0, 0.05) is 6.20 Å². The number of aromatic nitrogens is 4. The van der Waals surface area contributed by atoms with Gasteiger partial charge in [-0.05, 0) is 43.3 Å². The quantitative estimate of drug-likeness (QED) is 0.598. The first-order valence-corrected chi connectivity index (χ1v) is 8.13. The van der Waals surface area contributed by atoms with Crippen molar-refractivity contribution in [1.29, 1.82) is 0 Å². The highest BCUT2D eigenvalue weighted by Crippen LogP contribution is 2.26. The molecule has 1 N–H and O–H groups in total. The molecule has 4 aromatic rings. The van der Waals surface area contributed by atoms with Crippen LogP contribution in [0.4, 0.5) is 10.1 Å². The van der Waals surface area contributed by atoms with Gasteiger partial charge >= 0.3 is 0 Å². The molecule has 1 amide bonds. The van der Waals surface area contributed by atoms with Crippen LogP contribution in [0.2, 0.25) is 0 Å². The Kier molecular flexibility index (Phi) is 4.21. The van der Waals surface area contributed by atoms with Crippen LogP contribution in [0, 0.1) is 12.7 Å². The van der Waals surface area contributed by atoms with Gasteiger partial charge in [-0.1, -0.05) is 23.4 Å². The van der Waals surface area contributed by atoms with E-state index in [1.54, 1.807) is 49.5 Å². The third-order valence-corrected chi connectivity index (χ3v) is 3.83. The highest BCUT2D eigenvalue weighted by molar-refractivity contribution is 6.04. The second-order valence-corrected chi connectivity index (χ2v) is 5.77. The fourth-order valence-electron chi connectivity index (χ4n) is 2.58. The van der Waals surface area contributed by atoms with Gasteiger partial charge in [0.2, 0.25) is 0 Å². The van der Waals surface area contributed by atoms with Crippen LogP contribution in [-0.2, 0) is 0 Å². The molecule has 0 bridgehead atoms. The van der Waals surface area contributed by atoms with Crippen molar-refractivity contribution in [3.05, 3.63) is 78.1 Å². The van der Waals surface area contributed by atoms with Crippen molar-refractivity contribution in [2.24, 2.45) is 0 Å². The lowest BCUT2D eigenvalue weighted by molar-refractivity contribution is 0.102. The minimum atomic E-state index is -0.408. The Morgan fingerprint density at radius 2 is 2.00 bits per heavy atom. The average Bonchev–Trinajstić information content (AvgIpc) is 3.31. The van der Waals surface area contributed by atoms with Gasteiger partial charge < -0.3 is 9.84 Å². The molecule has 0 saturated carbocycles. The number of anilines is 1. The number of hydrogen-bond donors (Lipinski definition) is 1. The van der Waals surface area contributed by atoms with Crippen molar-refractivity contribution in [3.63, 3.8) is 0 Å². The van der Waals surface area contributed by atoms with E-state index in [0.29, 0.717) is 28.7 Å². The van der Waals surface area contributed by atoms with Crippen LogP contribution in [0.25, 0.3) is 17.1 Å². The minimum absolute atomic E-state index is 0.191. The Labute approximate surface area is 153 Å². The van der Waals surface area contributed by atoms with Gasteiger partial charge in [0.25, 0.3) is 11.8 Å². The van der Waals surface area contributed by atoms with Gasteiger partial charge in [0.05, 0.1) is 16.9 Å². The van der Waals surface area contributed by atoms with Crippen molar-refractivity contribution in [2.75, 3.05) is 5.32 Å². The number of amides is 1. The average molecular weight is 363 g/mol. The van der Waals surface area contributed by atoms with Gasteiger partial charge in [-0.25, -0.2) is 9.07 Å². The van der Waals surface area contributed by atoms with Gasteiger partial charge in [-0.3, -0.25) is 4.79 Å². The second-order valence-electron chi connectivity index (χ2n) is 5.77. The Morgan fingerprint density at radius 1 is 1.15 bits per heavy atom. The number of carbonyl (C=O) groups is 1. The Morgan fingerprint density at radius 3 is 2.78 bits per heavy atom. The van der Waals surface area contributed by atoms with E-state index >= 15 is 0 Å². The lowest BCUT2D eigenvalue weighted by atomic mass is 10.1. The number of halogens is 1. The van der Waals surface area contributed by atoms with Crippen LogP contribution >= 0.6 is 0 Å². The van der Waals surface area contributed by atoms with Crippen molar-refractivity contribution in [1.82, 2.24) is 19.9 Å². The highest BCUT2D eigenvalue weighted by Gasteiger charge is 2.16. The number of benzene rings is 2. The number of aryl methyl sites for hydroxylation is 1. The number of nitrogens with one attached hydrogen (secondary N) is 1. The monoisotopic (exact) mass is 363 g/mol. The highest BCUT2D eigenvalue weighted by atomic mass is 19.1. The SMILES string of the molecule is Cc1noc(-c2ccccc2NC(=O)c2ccn(-c3cccc(F)c3)n2)n1. The van der Waals surface area contributed by atoms with Crippen LogP contribution in [0.1, 0.15) is 16.3 Å². The molecule has 7 nitrogen and oxygen atoms in total. The third kappa shape index (κ3) is 3.45. The summed E-state index contributed by atoms with van der Waals surface area (Å²) < 4.78 is 20.0. The maximum Gasteiger partial charge on any atom is 0.276 e. The molecule has 4 rings (SSSR count). The summed E-state index contributed by atoms with van der Waals surface area (Å²) in [4.78, 5) is 16.8. The third-order valence-electron chi connectivity index (χ3n) is 3.83. The van der Waals surface area contributed by atoms with E-state index in [4.69, 9.17) is 4.52 Å². The maximum atomic E-state index is 13.4. The predicted molar refractivity (Wildman–Crippen MR) is 95.9 cm³/mol. The zero-order valence-corrected chi connectivity index (χ0v) is 14.3. The summed E-state index contributed by atoms with van der Waals surface area (Å²) in [5.41, 5.74) is 1.84. The summed E-state index contributed by atoms with van der Waals surface area (Å²) in [6, 6.07) is 14.6. The summed E-state index contributed by atoms with van der Waals surface area (Å²) >= 11 is 0. The first kappa shape index (κ1) is 16.6. The summed E-state index contributed by atoms with van der Waals surface area (Å²) in [6.07, 6.45) is 1.59. The van der Waals surface area contributed by atoms with E-state index in [1.807, 2.05) is 6.07 Å². The van der Waals surface area contributed by atoms with Crippen molar-refractivity contribution in [2.45, 2.75) is 6.92 Å². The normalized spacial score (nSPS) is 10.7. The van der Waals surface area contributed by atoms with Crippen LogP contribution < -0.4 is 5.32 Å². The minimum Gasteiger partial charge on any atom is -0.334 e. The zero-order chi connectivity index (χ0) is 18.8. The number of rotatable bonds is 4. The molecule has 0 aliphatic rings. The van der Waals surface area contributed by atoms with E-state index in [1.165, 1.54) is 16.8 Å². The molecule has 0 fully saturated rings. The number of carbonyl (C=O) groups excluding carboxylic acids is 1. The molecule has 0 radical (unpaired) electrons. The summed E-state index contributed by atoms with van der Waals surface area (Å²) in [5, 5.41) is 10.8. The summed E-state index contributed by atoms with van der Waals surface area (Å²) in [6.45, 7) is 1.72. The van der Waals surface area contributed by atoms with Crippen LogP contribution in [0.5, 0.6) is 0 Å². The fraction of sp³-hybridized carbons (Fsp3) is 0.0526. The van der Waals surface area contributed by atoms with Crippen molar-refractivity contribution in [3.8, 4) is 17.1 Å². The lowest BCUT2D eigenvalue weighted by Gasteiger charge is -2.07. The van der Waals surface area contributed by atoms with Crippen LogP contribution in [0.3, 0.4) is 0 Å². The van der Waals surface area contributed by atoms with E-state index < -0.39 is 5.91 Å².